The molecule has 0 aromatic carbocycles. The van der Waals surface area contributed by atoms with Gasteiger partial charge in [-0.15, -0.1) is 0 Å². The first-order valence-electron chi connectivity index (χ1n) is 8.66. The van der Waals surface area contributed by atoms with Crippen LogP contribution in [0.3, 0.4) is 0 Å². The Labute approximate surface area is 140 Å². The maximum absolute atomic E-state index is 12.7. The van der Waals surface area contributed by atoms with Gasteiger partial charge in [-0.05, 0) is 26.2 Å². The van der Waals surface area contributed by atoms with Crippen LogP contribution in [0, 0.1) is 0 Å². The van der Waals surface area contributed by atoms with E-state index in [1.54, 1.807) is 14.0 Å². The van der Waals surface area contributed by atoms with E-state index in [9.17, 15) is 13.5 Å². The number of nitrogens with one attached hydrogen (secondary N) is 1. The van der Waals surface area contributed by atoms with Crippen LogP contribution in [-0.4, -0.2) is 67.2 Å². The minimum Gasteiger partial charge on any atom is -0.388 e. The molecule has 0 radical (unpaired) electrons. The van der Waals surface area contributed by atoms with Crippen molar-refractivity contribution in [2.75, 3.05) is 32.4 Å². The summed E-state index contributed by atoms with van der Waals surface area (Å²) in [6.07, 6.45) is 5.28. The van der Waals surface area contributed by atoms with Gasteiger partial charge in [0.05, 0.1) is 16.1 Å². The van der Waals surface area contributed by atoms with Gasteiger partial charge in [0.15, 0.2) is 15.8 Å². The molecule has 1 saturated heterocycles. The summed E-state index contributed by atoms with van der Waals surface area (Å²) in [5, 5.41) is 13.4. The maximum Gasteiger partial charge on any atom is 0.193 e. The van der Waals surface area contributed by atoms with Gasteiger partial charge in [-0.25, -0.2) is 8.42 Å². The van der Waals surface area contributed by atoms with Gasteiger partial charge in [0.25, 0.3) is 0 Å². The molecule has 134 valence electrons. The lowest BCUT2D eigenvalue weighted by Gasteiger charge is -2.45. The van der Waals surface area contributed by atoms with Crippen molar-refractivity contribution in [3.05, 3.63) is 0 Å². The Bertz CT molecular complexity index is 537. The highest BCUT2D eigenvalue weighted by molar-refractivity contribution is 7.92. The summed E-state index contributed by atoms with van der Waals surface area (Å²) in [6, 6.07) is 0. The van der Waals surface area contributed by atoms with Gasteiger partial charge in [0, 0.05) is 26.7 Å². The monoisotopic (exact) mass is 345 g/mol. The first-order valence-corrected chi connectivity index (χ1v) is 10.3. The lowest BCUT2D eigenvalue weighted by molar-refractivity contribution is 0.0595. The molecule has 0 amide bonds. The molecule has 0 bridgehead atoms. The molecule has 1 atom stereocenters. The molecule has 7 heteroatoms. The van der Waals surface area contributed by atoms with E-state index in [0.717, 1.165) is 32.1 Å². The molecule has 0 aromatic heterocycles. The highest BCUT2D eigenvalue weighted by Crippen LogP contribution is 2.38. The average Bonchev–Trinajstić information content (AvgIpc) is 2.52. The van der Waals surface area contributed by atoms with Gasteiger partial charge in [0.1, 0.15) is 0 Å². The molecule has 23 heavy (non-hydrogen) atoms. The molecule has 1 spiro atoms. The molecule has 1 heterocycles. The third kappa shape index (κ3) is 3.99. The molecular formula is C16H31N3O3S. The van der Waals surface area contributed by atoms with E-state index >= 15 is 0 Å². The van der Waals surface area contributed by atoms with Crippen LogP contribution in [-0.2, 0) is 9.84 Å². The van der Waals surface area contributed by atoms with Crippen molar-refractivity contribution in [2.24, 2.45) is 4.99 Å². The van der Waals surface area contributed by atoms with Crippen LogP contribution in [0.4, 0.5) is 0 Å². The molecule has 1 unspecified atom stereocenters. The lowest BCUT2D eigenvalue weighted by Crippen LogP contribution is -2.61. The fraction of sp³-hybridized carbons (Fsp3) is 0.938. The topological polar surface area (TPSA) is 82.0 Å². The second kappa shape index (κ2) is 6.97. The van der Waals surface area contributed by atoms with Crippen LogP contribution in [0.25, 0.3) is 0 Å². The van der Waals surface area contributed by atoms with Crippen molar-refractivity contribution >= 4 is 15.8 Å². The van der Waals surface area contributed by atoms with Gasteiger partial charge in [-0.3, -0.25) is 4.99 Å². The van der Waals surface area contributed by atoms with Crippen LogP contribution in [0.2, 0.25) is 0 Å². The summed E-state index contributed by atoms with van der Waals surface area (Å²) in [5.41, 5.74) is -0.791. The van der Waals surface area contributed by atoms with Gasteiger partial charge in [-0.2, -0.15) is 0 Å². The molecule has 2 fully saturated rings. The lowest BCUT2D eigenvalue weighted by atomic mass is 9.87. The second-order valence-electron chi connectivity index (χ2n) is 7.24. The van der Waals surface area contributed by atoms with Crippen LogP contribution in [0.15, 0.2) is 4.99 Å². The SMILES string of the molecule is CCC(C)(O)CNC(=NC)N1CCS(=O)(=O)C2(CCCCC2)C1. The summed E-state index contributed by atoms with van der Waals surface area (Å²) in [5.74, 6) is 0.885. The molecule has 2 aliphatic rings. The second-order valence-corrected chi connectivity index (χ2v) is 9.74. The Morgan fingerprint density at radius 1 is 1.35 bits per heavy atom. The van der Waals surface area contributed by atoms with E-state index in [1.807, 2.05) is 6.92 Å². The maximum atomic E-state index is 12.7. The third-order valence-electron chi connectivity index (χ3n) is 5.43. The zero-order chi connectivity index (χ0) is 17.1. The number of aliphatic imine (C=N–C) groups is 1. The minimum atomic E-state index is -3.04. The molecule has 2 rings (SSSR count). The summed E-state index contributed by atoms with van der Waals surface area (Å²) in [7, 11) is -1.33. The van der Waals surface area contributed by atoms with E-state index in [1.165, 1.54) is 0 Å². The highest BCUT2D eigenvalue weighted by atomic mass is 32.2. The molecule has 0 aromatic rings. The predicted octanol–water partition coefficient (Wildman–Crippen LogP) is 1.16. The Hall–Kier alpha value is -0.820. The largest absolute Gasteiger partial charge is 0.388 e. The molecular weight excluding hydrogens is 314 g/mol. The fourth-order valence-electron chi connectivity index (χ4n) is 3.54. The third-order valence-corrected chi connectivity index (χ3v) is 8.01. The number of sulfone groups is 1. The van der Waals surface area contributed by atoms with Gasteiger partial charge >= 0.3 is 0 Å². The first-order chi connectivity index (χ1) is 10.8. The molecule has 1 aliphatic carbocycles. The first kappa shape index (κ1) is 18.5. The Balaban J connectivity index is 2.11. The Kier molecular flexibility index (Phi) is 5.61. The van der Waals surface area contributed by atoms with Crippen molar-refractivity contribution in [3.8, 4) is 0 Å². The highest BCUT2D eigenvalue weighted by Gasteiger charge is 2.48. The van der Waals surface area contributed by atoms with E-state index < -0.39 is 20.2 Å². The minimum absolute atomic E-state index is 0.192. The fourth-order valence-corrected chi connectivity index (χ4v) is 5.70. The van der Waals surface area contributed by atoms with Crippen LogP contribution in [0.5, 0.6) is 0 Å². The quantitative estimate of drug-likeness (QED) is 0.592. The van der Waals surface area contributed by atoms with Crippen molar-refractivity contribution < 1.29 is 13.5 Å². The smallest absolute Gasteiger partial charge is 0.193 e. The number of rotatable bonds is 3. The molecule has 2 N–H and O–H groups in total. The van der Waals surface area contributed by atoms with Crippen LogP contribution in [0.1, 0.15) is 52.4 Å². The zero-order valence-corrected chi connectivity index (χ0v) is 15.5. The van der Waals surface area contributed by atoms with Gasteiger partial charge < -0.3 is 15.3 Å². The predicted molar refractivity (Wildman–Crippen MR) is 93.5 cm³/mol. The molecule has 1 aliphatic heterocycles. The molecule has 1 saturated carbocycles. The van der Waals surface area contributed by atoms with Crippen LogP contribution < -0.4 is 5.32 Å². The summed E-state index contributed by atoms with van der Waals surface area (Å²) < 4.78 is 24.7. The van der Waals surface area contributed by atoms with Crippen LogP contribution >= 0.6 is 0 Å². The van der Waals surface area contributed by atoms with E-state index in [4.69, 9.17) is 0 Å². The normalized spacial score (nSPS) is 26.8. The summed E-state index contributed by atoms with van der Waals surface area (Å²) in [6.45, 7) is 5.12. The number of guanidine groups is 1. The van der Waals surface area contributed by atoms with Crippen molar-refractivity contribution in [3.63, 3.8) is 0 Å². The van der Waals surface area contributed by atoms with E-state index in [-0.39, 0.29) is 5.75 Å². The Morgan fingerprint density at radius 2 is 2.00 bits per heavy atom. The van der Waals surface area contributed by atoms with E-state index in [2.05, 4.69) is 15.2 Å². The summed E-state index contributed by atoms with van der Waals surface area (Å²) in [4.78, 5) is 6.35. The average molecular weight is 346 g/mol. The van der Waals surface area contributed by atoms with Crippen molar-refractivity contribution in [2.45, 2.75) is 62.7 Å². The van der Waals surface area contributed by atoms with Crippen molar-refractivity contribution in [1.29, 1.82) is 0 Å². The Morgan fingerprint density at radius 3 is 2.57 bits per heavy atom. The van der Waals surface area contributed by atoms with E-state index in [0.29, 0.717) is 32.0 Å². The number of nitrogens with zero attached hydrogens (tertiary/aromatic N) is 2. The number of hydrogen-bond donors (Lipinski definition) is 2. The summed E-state index contributed by atoms with van der Waals surface area (Å²) >= 11 is 0. The van der Waals surface area contributed by atoms with Gasteiger partial charge in [-0.1, -0.05) is 26.2 Å². The molecule has 6 nitrogen and oxygen atoms in total. The van der Waals surface area contributed by atoms with Gasteiger partial charge in [0.2, 0.25) is 0 Å². The number of aliphatic hydroxyl groups is 1. The standard InChI is InChI=1S/C16H31N3O3S/c1-4-15(2,20)12-18-14(17-3)19-10-11-23(21,22)16(13-19)8-6-5-7-9-16/h20H,4-13H2,1-3H3,(H,17,18). The number of hydrogen-bond acceptors (Lipinski definition) is 4. The van der Waals surface area contributed by atoms with Crippen molar-refractivity contribution in [1.82, 2.24) is 10.2 Å². The zero-order valence-electron chi connectivity index (χ0n) is 14.6.